The zero-order valence-corrected chi connectivity index (χ0v) is 18.3. The van der Waals surface area contributed by atoms with Gasteiger partial charge >= 0.3 is 0 Å². The van der Waals surface area contributed by atoms with Gasteiger partial charge in [-0.05, 0) is 62.7 Å². The number of hydrogen-bond acceptors (Lipinski definition) is 0. The molecule has 0 amide bonds. The van der Waals surface area contributed by atoms with E-state index in [-0.39, 0.29) is 0 Å². The highest BCUT2D eigenvalue weighted by Gasteiger charge is 2.34. The van der Waals surface area contributed by atoms with Gasteiger partial charge in [0.05, 0.1) is 0 Å². The standard InChI is InChI=1S/C26H46/c1-22-14-13-15-23(2)20-21-26(3,4)25(19-18-22)24-16-11-9-7-5-6-8-10-12-17-24/h14,24-25H,2,5-13,15-21H2,1,3-4H3. The van der Waals surface area contributed by atoms with E-state index in [1.165, 1.54) is 108 Å². The fourth-order valence-corrected chi connectivity index (χ4v) is 5.50. The van der Waals surface area contributed by atoms with E-state index >= 15 is 0 Å². The van der Waals surface area contributed by atoms with E-state index in [9.17, 15) is 0 Å². The summed E-state index contributed by atoms with van der Waals surface area (Å²) < 4.78 is 0. The van der Waals surface area contributed by atoms with Gasteiger partial charge in [-0.3, -0.25) is 0 Å². The molecule has 0 N–H and O–H groups in total. The fourth-order valence-electron chi connectivity index (χ4n) is 5.50. The summed E-state index contributed by atoms with van der Waals surface area (Å²) in [5, 5.41) is 0. The van der Waals surface area contributed by atoms with Crippen molar-refractivity contribution in [2.75, 3.05) is 0 Å². The molecule has 0 aliphatic heterocycles. The second-order valence-electron chi connectivity index (χ2n) is 10.1. The zero-order valence-electron chi connectivity index (χ0n) is 18.3. The molecule has 150 valence electrons. The third-order valence-electron chi connectivity index (χ3n) is 7.44. The van der Waals surface area contributed by atoms with Crippen LogP contribution in [0.3, 0.4) is 0 Å². The van der Waals surface area contributed by atoms with Crippen LogP contribution in [0, 0.1) is 17.3 Å². The second-order valence-corrected chi connectivity index (χ2v) is 10.1. The van der Waals surface area contributed by atoms with Gasteiger partial charge in [0.25, 0.3) is 0 Å². The Hall–Kier alpha value is -0.520. The van der Waals surface area contributed by atoms with Gasteiger partial charge in [0.1, 0.15) is 0 Å². The Balaban J connectivity index is 2.12. The molecule has 0 bridgehead atoms. The Morgan fingerprint density at radius 2 is 1.38 bits per heavy atom. The van der Waals surface area contributed by atoms with Crippen LogP contribution < -0.4 is 0 Å². The first-order chi connectivity index (χ1) is 12.5. The van der Waals surface area contributed by atoms with Gasteiger partial charge in [-0.25, -0.2) is 0 Å². The Morgan fingerprint density at radius 1 is 0.808 bits per heavy atom. The molecule has 0 saturated heterocycles. The molecule has 1 atom stereocenters. The minimum Gasteiger partial charge on any atom is -0.0999 e. The van der Waals surface area contributed by atoms with Crippen LogP contribution >= 0.6 is 0 Å². The average molecular weight is 359 g/mol. The van der Waals surface area contributed by atoms with Crippen molar-refractivity contribution < 1.29 is 0 Å². The lowest BCUT2D eigenvalue weighted by molar-refractivity contribution is 0.101. The van der Waals surface area contributed by atoms with Crippen LogP contribution in [0.25, 0.3) is 0 Å². The van der Waals surface area contributed by atoms with E-state index in [1.54, 1.807) is 5.57 Å². The van der Waals surface area contributed by atoms with Crippen LogP contribution in [-0.4, -0.2) is 0 Å². The van der Waals surface area contributed by atoms with E-state index in [0.29, 0.717) is 5.41 Å². The van der Waals surface area contributed by atoms with Crippen LogP contribution in [0.15, 0.2) is 23.8 Å². The van der Waals surface area contributed by atoms with Gasteiger partial charge in [0.2, 0.25) is 0 Å². The van der Waals surface area contributed by atoms with Crippen LogP contribution in [0.2, 0.25) is 0 Å². The van der Waals surface area contributed by atoms with Crippen molar-refractivity contribution in [1.29, 1.82) is 0 Å². The molecule has 0 spiro atoms. The summed E-state index contributed by atoms with van der Waals surface area (Å²) in [5.41, 5.74) is 3.56. The maximum atomic E-state index is 4.38. The van der Waals surface area contributed by atoms with Crippen LogP contribution in [-0.2, 0) is 0 Å². The third kappa shape index (κ3) is 7.61. The molecule has 1 unspecified atom stereocenters. The number of rotatable bonds is 1. The Morgan fingerprint density at radius 3 is 2.00 bits per heavy atom. The Kier molecular flexibility index (Phi) is 9.51. The summed E-state index contributed by atoms with van der Waals surface area (Å²) in [6.07, 6.45) is 25.0. The first-order valence-corrected chi connectivity index (χ1v) is 11.8. The van der Waals surface area contributed by atoms with Crippen molar-refractivity contribution in [2.24, 2.45) is 17.3 Å². The summed E-state index contributed by atoms with van der Waals surface area (Å²) >= 11 is 0. The molecule has 0 heteroatoms. The number of hydrogen-bond donors (Lipinski definition) is 0. The van der Waals surface area contributed by atoms with E-state index in [4.69, 9.17) is 0 Å². The summed E-state index contributed by atoms with van der Waals surface area (Å²) in [6.45, 7) is 11.9. The molecule has 26 heavy (non-hydrogen) atoms. The Labute approximate surface area is 164 Å². The molecule has 0 aromatic heterocycles. The molecule has 0 aromatic rings. The summed E-state index contributed by atoms with van der Waals surface area (Å²) in [5.74, 6) is 1.84. The number of allylic oxidation sites excluding steroid dienone is 3. The lowest BCUT2D eigenvalue weighted by Crippen LogP contribution is -2.31. The molecule has 0 radical (unpaired) electrons. The van der Waals surface area contributed by atoms with Crippen LogP contribution in [0.4, 0.5) is 0 Å². The van der Waals surface area contributed by atoms with Gasteiger partial charge in [-0.1, -0.05) is 102 Å². The largest absolute Gasteiger partial charge is 0.0999 e. The highest BCUT2D eigenvalue weighted by molar-refractivity contribution is 5.05. The smallest absolute Gasteiger partial charge is 0.0288 e. The van der Waals surface area contributed by atoms with Gasteiger partial charge in [0.15, 0.2) is 0 Å². The highest BCUT2D eigenvalue weighted by Crippen LogP contribution is 2.45. The maximum Gasteiger partial charge on any atom is -0.0288 e. The molecular weight excluding hydrogens is 312 g/mol. The van der Waals surface area contributed by atoms with E-state index in [2.05, 4.69) is 33.4 Å². The Bertz CT molecular complexity index is 427. The van der Waals surface area contributed by atoms with Gasteiger partial charge in [-0.2, -0.15) is 0 Å². The predicted molar refractivity (Wildman–Crippen MR) is 118 cm³/mol. The molecule has 1 saturated carbocycles. The molecule has 2 aliphatic rings. The first-order valence-electron chi connectivity index (χ1n) is 11.8. The second kappa shape index (κ2) is 11.4. The van der Waals surface area contributed by atoms with E-state index < -0.39 is 0 Å². The summed E-state index contributed by atoms with van der Waals surface area (Å²) in [7, 11) is 0. The lowest BCUT2D eigenvalue weighted by Gasteiger charge is -2.41. The average Bonchev–Trinajstić information content (AvgIpc) is 2.67. The first kappa shape index (κ1) is 21.8. The van der Waals surface area contributed by atoms with E-state index in [1.807, 2.05) is 0 Å². The SMILES string of the molecule is C=C1CCC=C(C)CCC(C2CCCCCCCCCC2)C(C)(C)CC1. The van der Waals surface area contributed by atoms with Crippen molar-refractivity contribution in [3.63, 3.8) is 0 Å². The minimum absolute atomic E-state index is 0.457. The molecule has 0 heterocycles. The van der Waals surface area contributed by atoms with Gasteiger partial charge in [-0.15, -0.1) is 0 Å². The van der Waals surface area contributed by atoms with Crippen molar-refractivity contribution in [2.45, 2.75) is 124 Å². The molecule has 1 fully saturated rings. The quantitative estimate of drug-likeness (QED) is 0.410. The maximum absolute atomic E-state index is 4.38. The molecular formula is C26H46. The normalized spacial score (nSPS) is 28.5. The van der Waals surface area contributed by atoms with Crippen molar-refractivity contribution >= 4 is 0 Å². The third-order valence-corrected chi connectivity index (χ3v) is 7.44. The van der Waals surface area contributed by atoms with Crippen LogP contribution in [0.5, 0.6) is 0 Å². The van der Waals surface area contributed by atoms with Crippen LogP contribution in [0.1, 0.15) is 124 Å². The van der Waals surface area contributed by atoms with Crippen molar-refractivity contribution in [3.05, 3.63) is 23.8 Å². The predicted octanol–water partition coefficient (Wildman–Crippen LogP) is 9.02. The summed E-state index contributed by atoms with van der Waals surface area (Å²) in [6, 6.07) is 0. The minimum atomic E-state index is 0.457. The highest BCUT2D eigenvalue weighted by atomic mass is 14.4. The van der Waals surface area contributed by atoms with Gasteiger partial charge in [0, 0.05) is 0 Å². The molecule has 2 rings (SSSR count). The zero-order chi connectivity index (χ0) is 18.8. The van der Waals surface area contributed by atoms with Crippen molar-refractivity contribution in [1.82, 2.24) is 0 Å². The molecule has 0 nitrogen and oxygen atoms in total. The van der Waals surface area contributed by atoms with E-state index in [0.717, 1.165) is 11.8 Å². The monoisotopic (exact) mass is 358 g/mol. The lowest BCUT2D eigenvalue weighted by atomic mass is 9.64. The fraction of sp³-hybridized carbons (Fsp3) is 0.846. The van der Waals surface area contributed by atoms with Gasteiger partial charge < -0.3 is 0 Å². The molecule has 2 aliphatic carbocycles. The van der Waals surface area contributed by atoms with Crippen molar-refractivity contribution in [3.8, 4) is 0 Å². The summed E-state index contributed by atoms with van der Waals surface area (Å²) in [4.78, 5) is 0. The molecule has 0 aromatic carbocycles. The topological polar surface area (TPSA) is 0 Å².